The van der Waals surface area contributed by atoms with Crippen LogP contribution in [-0.2, 0) is 9.59 Å². The average Bonchev–Trinajstić information content (AvgIpc) is 2.97. The first-order valence-electron chi connectivity index (χ1n) is 9.03. The van der Waals surface area contributed by atoms with Crippen molar-refractivity contribution in [2.45, 2.75) is 31.3 Å². The predicted molar refractivity (Wildman–Crippen MR) is 104 cm³/mol. The van der Waals surface area contributed by atoms with Gasteiger partial charge in [0.15, 0.2) is 0 Å². The van der Waals surface area contributed by atoms with Gasteiger partial charge in [-0.05, 0) is 36.6 Å². The Kier molecular flexibility index (Phi) is 5.63. The minimum absolute atomic E-state index is 0.101. The molecule has 146 valence electrons. The molecule has 0 saturated carbocycles. The number of imide groups is 1. The van der Waals surface area contributed by atoms with Gasteiger partial charge in [0.1, 0.15) is 11.3 Å². The van der Waals surface area contributed by atoms with E-state index < -0.39 is 17.5 Å². The molecule has 0 aliphatic carbocycles. The second kappa shape index (κ2) is 8.12. The van der Waals surface area contributed by atoms with Crippen LogP contribution >= 0.6 is 0 Å². The van der Waals surface area contributed by atoms with Gasteiger partial charge in [0.2, 0.25) is 5.91 Å². The third-order valence-corrected chi connectivity index (χ3v) is 4.86. The van der Waals surface area contributed by atoms with E-state index in [9.17, 15) is 14.4 Å². The summed E-state index contributed by atoms with van der Waals surface area (Å²) >= 11 is 0. The van der Waals surface area contributed by atoms with E-state index >= 15 is 0 Å². The lowest BCUT2D eigenvalue weighted by Crippen LogP contribution is -2.44. The number of methoxy groups -OCH3 is 1. The first kappa shape index (κ1) is 19.4. The number of carbonyl (C=O) groups excluding carboxylic acids is 3. The van der Waals surface area contributed by atoms with Gasteiger partial charge in [-0.25, -0.2) is 4.79 Å². The summed E-state index contributed by atoms with van der Waals surface area (Å²) in [6, 6.07) is 16.3. The van der Waals surface area contributed by atoms with Gasteiger partial charge in [-0.15, -0.1) is 0 Å². The van der Waals surface area contributed by atoms with Crippen LogP contribution in [0.25, 0.3) is 0 Å². The Labute approximate surface area is 163 Å². The fourth-order valence-electron chi connectivity index (χ4n) is 3.15. The number of hydrogen-bond acceptors (Lipinski definition) is 4. The van der Waals surface area contributed by atoms with E-state index in [1.54, 1.807) is 14.0 Å². The molecule has 1 aliphatic rings. The number of ether oxygens (including phenoxy) is 1. The van der Waals surface area contributed by atoms with Crippen molar-refractivity contribution >= 4 is 17.8 Å². The Bertz CT molecular complexity index is 867. The van der Waals surface area contributed by atoms with E-state index in [0.717, 1.165) is 16.9 Å². The van der Waals surface area contributed by atoms with Crippen LogP contribution in [0.4, 0.5) is 4.79 Å². The molecule has 7 nitrogen and oxygen atoms in total. The van der Waals surface area contributed by atoms with E-state index in [1.807, 2.05) is 54.6 Å². The normalized spacial score (nSPS) is 19.5. The number of benzene rings is 2. The van der Waals surface area contributed by atoms with Crippen molar-refractivity contribution in [1.82, 2.24) is 16.0 Å². The van der Waals surface area contributed by atoms with Gasteiger partial charge >= 0.3 is 6.03 Å². The van der Waals surface area contributed by atoms with Gasteiger partial charge in [0, 0.05) is 6.42 Å². The summed E-state index contributed by atoms with van der Waals surface area (Å²) in [6.45, 7) is 1.61. The van der Waals surface area contributed by atoms with Crippen LogP contribution in [0.2, 0.25) is 0 Å². The van der Waals surface area contributed by atoms with Gasteiger partial charge < -0.3 is 15.4 Å². The molecular weight excluding hydrogens is 358 g/mol. The highest BCUT2D eigenvalue weighted by molar-refractivity contribution is 6.06. The molecule has 0 spiro atoms. The molecule has 3 rings (SSSR count). The van der Waals surface area contributed by atoms with E-state index in [4.69, 9.17) is 4.74 Å². The quantitative estimate of drug-likeness (QED) is 0.641. The van der Waals surface area contributed by atoms with E-state index in [1.165, 1.54) is 0 Å². The molecule has 7 heteroatoms. The average molecular weight is 381 g/mol. The van der Waals surface area contributed by atoms with Crippen molar-refractivity contribution < 1.29 is 19.1 Å². The molecule has 0 radical (unpaired) electrons. The zero-order valence-corrected chi connectivity index (χ0v) is 15.8. The van der Waals surface area contributed by atoms with Crippen molar-refractivity contribution in [3.63, 3.8) is 0 Å². The number of rotatable bonds is 7. The molecule has 28 heavy (non-hydrogen) atoms. The highest BCUT2D eigenvalue weighted by atomic mass is 16.5. The number of hydrogen-bond donors (Lipinski definition) is 3. The molecule has 0 bridgehead atoms. The summed E-state index contributed by atoms with van der Waals surface area (Å²) in [4.78, 5) is 35.9. The molecule has 2 aromatic carbocycles. The molecule has 0 unspecified atom stereocenters. The SMILES string of the molecule is COc1ccc([C@H](NC(=O)CC[C@@]2(C)NC(=O)NC2=O)c2ccccc2)cc1. The van der Waals surface area contributed by atoms with Crippen LogP contribution in [-0.4, -0.2) is 30.5 Å². The molecule has 1 heterocycles. The summed E-state index contributed by atoms with van der Waals surface area (Å²) in [5, 5.41) is 7.80. The molecule has 0 aromatic heterocycles. The Hall–Kier alpha value is -3.35. The number of amides is 4. The van der Waals surface area contributed by atoms with Gasteiger partial charge in [-0.1, -0.05) is 42.5 Å². The van der Waals surface area contributed by atoms with Crippen LogP contribution in [0.15, 0.2) is 54.6 Å². The lowest BCUT2D eigenvalue weighted by atomic mass is 9.95. The molecule has 4 amide bonds. The third-order valence-electron chi connectivity index (χ3n) is 4.86. The molecule has 2 atom stereocenters. The minimum Gasteiger partial charge on any atom is -0.497 e. The fraction of sp³-hybridized carbons (Fsp3) is 0.286. The summed E-state index contributed by atoms with van der Waals surface area (Å²) in [5.74, 6) is 0.109. The maximum Gasteiger partial charge on any atom is 0.322 e. The van der Waals surface area contributed by atoms with Crippen molar-refractivity contribution in [1.29, 1.82) is 0 Å². The standard InChI is InChI=1S/C21H23N3O4/c1-21(19(26)23-20(27)24-21)13-12-17(25)22-18(14-6-4-3-5-7-14)15-8-10-16(28-2)11-9-15/h3-11,18H,12-13H2,1-2H3,(H,22,25)(H2,23,24,26,27)/t18-,21-/m1/s1. The number of urea groups is 1. The van der Waals surface area contributed by atoms with Gasteiger partial charge in [-0.3, -0.25) is 14.9 Å². The van der Waals surface area contributed by atoms with Crippen LogP contribution in [0.3, 0.4) is 0 Å². The van der Waals surface area contributed by atoms with Gasteiger partial charge in [-0.2, -0.15) is 0 Å². The largest absolute Gasteiger partial charge is 0.497 e. The lowest BCUT2D eigenvalue weighted by Gasteiger charge is -2.23. The van der Waals surface area contributed by atoms with E-state index in [-0.39, 0.29) is 24.8 Å². The Morgan fingerprint density at radius 3 is 2.29 bits per heavy atom. The van der Waals surface area contributed by atoms with Crippen LogP contribution in [0.5, 0.6) is 5.75 Å². The molecule has 1 saturated heterocycles. The zero-order valence-electron chi connectivity index (χ0n) is 15.8. The molecule has 3 N–H and O–H groups in total. The molecular formula is C21H23N3O4. The monoisotopic (exact) mass is 381 g/mol. The maximum absolute atomic E-state index is 12.6. The fourth-order valence-corrected chi connectivity index (χ4v) is 3.15. The Balaban J connectivity index is 1.73. The van der Waals surface area contributed by atoms with Crippen LogP contribution in [0.1, 0.15) is 36.9 Å². The Morgan fingerprint density at radius 2 is 1.71 bits per heavy atom. The summed E-state index contributed by atoms with van der Waals surface area (Å²) in [7, 11) is 1.60. The first-order valence-corrected chi connectivity index (χ1v) is 9.03. The second-order valence-electron chi connectivity index (χ2n) is 6.92. The zero-order chi connectivity index (χ0) is 20.1. The van der Waals surface area contributed by atoms with E-state index in [0.29, 0.717) is 0 Å². The number of nitrogens with one attached hydrogen (secondary N) is 3. The molecule has 2 aromatic rings. The smallest absolute Gasteiger partial charge is 0.322 e. The topological polar surface area (TPSA) is 96.5 Å². The van der Waals surface area contributed by atoms with Crippen molar-refractivity contribution in [2.24, 2.45) is 0 Å². The third kappa shape index (κ3) is 4.31. The van der Waals surface area contributed by atoms with Gasteiger partial charge in [0.25, 0.3) is 5.91 Å². The Morgan fingerprint density at radius 1 is 1.07 bits per heavy atom. The predicted octanol–water partition coefficient (Wildman–Crippen LogP) is 2.28. The van der Waals surface area contributed by atoms with Gasteiger partial charge in [0.05, 0.1) is 13.2 Å². The van der Waals surface area contributed by atoms with Crippen LogP contribution in [0, 0.1) is 0 Å². The highest BCUT2D eigenvalue weighted by Crippen LogP contribution is 2.25. The highest BCUT2D eigenvalue weighted by Gasteiger charge is 2.41. The summed E-state index contributed by atoms with van der Waals surface area (Å²) in [5.41, 5.74) is 0.786. The number of carbonyl (C=O) groups is 3. The van der Waals surface area contributed by atoms with Crippen LogP contribution < -0.4 is 20.7 Å². The van der Waals surface area contributed by atoms with Crippen molar-refractivity contribution in [3.8, 4) is 5.75 Å². The minimum atomic E-state index is -1.07. The summed E-state index contributed by atoms with van der Waals surface area (Å²) in [6.07, 6.45) is 0.310. The van der Waals surface area contributed by atoms with Crippen molar-refractivity contribution in [3.05, 3.63) is 65.7 Å². The first-order chi connectivity index (χ1) is 13.4. The molecule has 1 aliphatic heterocycles. The molecule has 1 fully saturated rings. The van der Waals surface area contributed by atoms with E-state index in [2.05, 4.69) is 16.0 Å². The second-order valence-corrected chi connectivity index (χ2v) is 6.92. The summed E-state index contributed by atoms with van der Waals surface area (Å²) < 4.78 is 5.20. The lowest BCUT2D eigenvalue weighted by molar-refractivity contribution is -0.125. The maximum atomic E-state index is 12.6. The van der Waals surface area contributed by atoms with Crippen molar-refractivity contribution in [2.75, 3.05) is 7.11 Å².